The van der Waals surface area contributed by atoms with E-state index in [1.54, 1.807) is 6.07 Å². The molecule has 1 aliphatic rings. The number of nitrogens with one attached hydrogen (secondary N) is 1. The normalized spacial score (nSPS) is 31.1. The first-order chi connectivity index (χ1) is 8.61. The molecule has 1 aromatic rings. The summed E-state index contributed by atoms with van der Waals surface area (Å²) in [6.45, 7) is 7.77. The van der Waals surface area contributed by atoms with Crippen molar-refractivity contribution in [2.24, 2.45) is 5.41 Å². The van der Waals surface area contributed by atoms with Crippen LogP contribution < -0.4 is 5.32 Å². The lowest BCUT2D eigenvalue weighted by Crippen LogP contribution is -2.56. The average molecular weight is 250 g/mol. The van der Waals surface area contributed by atoms with Crippen LogP contribution in [0.2, 0.25) is 0 Å². The van der Waals surface area contributed by atoms with E-state index in [-0.39, 0.29) is 11.2 Å². The Balaban J connectivity index is 2.12. The third kappa shape index (κ3) is 2.28. The van der Waals surface area contributed by atoms with Gasteiger partial charge in [-0.1, -0.05) is 20.8 Å². The van der Waals surface area contributed by atoms with Crippen LogP contribution in [0.1, 0.15) is 51.5 Å². The molecule has 2 nitrogen and oxygen atoms in total. The summed E-state index contributed by atoms with van der Waals surface area (Å²) < 4.78 is 13.3. The van der Waals surface area contributed by atoms with Crippen LogP contribution in [0, 0.1) is 11.2 Å². The van der Waals surface area contributed by atoms with Gasteiger partial charge >= 0.3 is 0 Å². The van der Waals surface area contributed by atoms with Crippen molar-refractivity contribution in [3.05, 3.63) is 29.8 Å². The second-order valence-electron chi connectivity index (χ2n) is 5.59. The Morgan fingerprint density at radius 3 is 2.83 bits per heavy atom. The van der Waals surface area contributed by atoms with Crippen molar-refractivity contribution in [2.45, 2.75) is 52.0 Å². The molecule has 0 bridgehead atoms. The van der Waals surface area contributed by atoms with Crippen LogP contribution in [-0.2, 0) is 0 Å². The van der Waals surface area contributed by atoms with Crippen LogP contribution in [0.15, 0.2) is 18.5 Å². The predicted molar refractivity (Wildman–Crippen MR) is 72.0 cm³/mol. The predicted octanol–water partition coefficient (Wildman–Crippen LogP) is 3.49. The van der Waals surface area contributed by atoms with Gasteiger partial charge in [-0.25, -0.2) is 4.39 Å². The minimum absolute atomic E-state index is 0.226. The molecule has 1 fully saturated rings. The maximum Gasteiger partial charge on any atom is 0.141 e. The second-order valence-corrected chi connectivity index (χ2v) is 5.59. The molecule has 0 spiro atoms. The maximum atomic E-state index is 13.3. The fourth-order valence-corrected chi connectivity index (χ4v) is 3.12. The molecule has 3 unspecified atom stereocenters. The van der Waals surface area contributed by atoms with Gasteiger partial charge in [-0.05, 0) is 48.8 Å². The fraction of sp³-hybridized carbons (Fsp3) is 0.667. The molecule has 0 aromatic carbocycles. The lowest BCUT2D eigenvalue weighted by molar-refractivity contribution is 0.0442. The third-order valence-corrected chi connectivity index (χ3v) is 4.59. The summed E-state index contributed by atoms with van der Waals surface area (Å²) in [4.78, 5) is 3.98. The first kappa shape index (κ1) is 13.5. The van der Waals surface area contributed by atoms with Crippen molar-refractivity contribution >= 4 is 0 Å². The molecule has 0 aliphatic heterocycles. The van der Waals surface area contributed by atoms with Crippen molar-refractivity contribution in [3.63, 3.8) is 0 Å². The Labute approximate surface area is 109 Å². The standard InChI is InChI=1S/C15H23FN2/c1-4-6-18-14-8-13(15(14,3)5-2)11-7-12(16)10-17-9-11/h7,9-10,13-14,18H,4-6,8H2,1-3H3. The molecule has 1 heterocycles. The van der Waals surface area contributed by atoms with Crippen LogP contribution in [0.3, 0.4) is 0 Å². The van der Waals surface area contributed by atoms with Crippen molar-refractivity contribution < 1.29 is 4.39 Å². The van der Waals surface area contributed by atoms with Crippen molar-refractivity contribution in [1.29, 1.82) is 0 Å². The van der Waals surface area contributed by atoms with E-state index in [4.69, 9.17) is 0 Å². The number of hydrogen-bond donors (Lipinski definition) is 1. The topological polar surface area (TPSA) is 24.9 Å². The molecule has 1 N–H and O–H groups in total. The summed E-state index contributed by atoms with van der Waals surface area (Å²) in [6.07, 6.45) is 6.45. The highest BCUT2D eigenvalue weighted by atomic mass is 19.1. The Bertz CT molecular complexity index is 407. The van der Waals surface area contributed by atoms with Crippen molar-refractivity contribution in [2.75, 3.05) is 6.54 Å². The van der Waals surface area contributed by atoms with Gasteiger partial charge in [0.25, 0.3) is 0 Å². The fourth-order valence-electron chi connectivity index (χ4n) is 3.12. The van der Waals surface area contributed by atoms with Gasteiger partial charge in [-0.3, -0.25) is 4.98 Å². The molecule has 0 amide bonds. The SMILES string of the molecule is CCCNC1CC(c2cncc(F)c2)C1(C)CC. The zero-order valence-electron chi connectivity index (χ0n) is 11.5. The summed E-state index contributed by atoms with van der Waals surface area (Å²) in [5.74, 6) is 0.205. The largest absolute Gasteiger partial charge is 0.313 e. The first-order valence-corrected chi connectivity index (χ1v) is 6.95. The van der Waals surface area contributed by atoms with Gasteiger partial charge in [0, 0.05) is 12.2 Å². The van der Waals surface area contributed by atoms with E-state index in [9.17, 15) is 4.39 Å². The minimum atomic E-state index is -0.226. The van der Waals surface area contributed by atoms with E-state index in [1.165, 1.54) is 6.20 Å². The Hall–Kier alpha value is -0.960. The van der Waals surface area contributed by atoms with Crippen molar-refractivity contribution in [1.82, 2.24) is 10.3 Å². The van der Waals surface area contributed by atoms with Gasteiger partial charge in [0.05, 0.1) is 6.20 Å². The van der Waals surface area contributed by atoms with E-state index in [0.717, 1.165) is 31.4 Å². The maximum absolute atomic E-state index is 13.3. The molecule has 100 valence electrons. The molecule has 1 saturated carbocycles. The number of hydrogen-bond acceptors (Lipinski definition) is 2. The quantitative estimate of drug-likeness (QED) is 0.865. The molecule has 0 radical (unpaired) electrons. The Kier molecular flexibility index (Phi) is 4.00. The van der Waals surface area contributed by atoms with Crippen LogP contribution in [0.4, 0.5) is 4.39 Å². The lowest BCUT2D eigenvalue weighted by atomic mass is 9.54. The van der Waals surface area contributed by atoms with Crippen molar-refractivity contribution in [3.8, 4) is 0 Å². The second kappa shape index (κ2) is 5.35. The van der Waals surface area contributed by atoms with Gasteiger partial charge in [0.15, 0.2) is 0 Å². The molecular weight excluding hydrogens is 227 g/mol. The number of aromatic nitrogens is 1. The van der Waals surface area contributed by atoms with Gasteiger partial charge in [-0.2, -0.15) is 0 Å². The zero-order valence-corrected chi connectivity index (χ0v) is 11.5. The van der Waals surface area contributed by atoms with E-state index in [1.807, 2.05) is 6.20 Å². The number of rotatable bonds is 5. The molecule has 3 heteroatoms. The van der Waals surface area contributed by atoms with Crippen LogP contribution >= 0.6 is 0 Å². The molecule has 18 heavy (non-hydrogen) atoms. The molecular formula is C15H23FN2. The molecule has 3 atom stereocenters. The average Bonchev–Trinajstić information content (AvgIpc) is 2.36. The van der Waals surface area contributed by atoms with Gasteiger partial charge < -0.3 is 5.32 Å². The zero-order chi connectivity index (χ0) is 13.2. The van der Waals surface area contributed by atoms with E-state index >= 15 is 0 Å². The van der Waals surface area contributed by atoms with E-state index < -0.39 is 0 Å². The molecule has 1 aliphatic carbocycles. The summed E-state index contributed by atoms with van der Waals surface area (Å²) in [6, 6.07) is 2.19. The monoisotopic (exact) mass is 250 g/mol. The lowest BCUT2D eigenvalue weighted by Gasteiger charge is -2.54. The third-order valence-electron chi connectivity index (χ3n) is 4.59. The summed E-state index contributed by atoms with van der Waals surface area (Å²) >= 11 is 0. The molecule has 0 saturated heterocycles. The number of halogens is 1. The summed E-state index contributed by atoms with van der Waals surface area (Å²) in [7, 11) is 0. The van der Waals surface area contributed by atoms with Gasteiger partial charge in [-0.15, -0.1) is 0 Å². The highest BCUT2D eigenvalue weighted by molar-refractivity contribution is 5.25. The summed E-state index contributed by atoms with van der Waals surface area (Å²) in [5, 5.41) is 3.61. The number of pyridine rings is 1. The Morgan fingerprint density at radius 1 is 1.44 bits per heavy atom. The summed E-state index contributed by atoms with van der Waals surface area (Å²) in [5.41, 5.74) is 1.28. The van der Waals surface area contributed by atoms with Crippen LogP contribution in [-0.4, -0.2) is 17.6 Å². The molecule has 2 rings (SSSR count). The highest BCUT2D eigenvalue weighted by Crippen LogP contribution is 2.54. The smallest absolute Gasteiger partial charge is 0.141 e. The molecule has 1 aromatic heterocycles. The highest BCUT2D eigenvalue weighted by Gasteiger charge is 2.50. The van der Waals surface area contributed by atoms with Crippen LogP contribution in [0.5, 0.6) is 0 Å². The van der Waals surface area contributed by atoms with E-state index in [0.29, 0.717) is 12.0 Å². The first-order valence-electron chi connectivity index (χ1n) is 6.95. The Morgan fingerprint density at radius 2 is 2.22 bits per heavy atom. The number of nitrogens with zero attached hydrogens (tertiary/aromatic N) is 1. The van der Waals surface area contributed by atoms with Gasteiger partial charge in [0.2, 0.25) is 0 Å². The van der Waals surface area contributed by atoms with Gasteiger partial charge in [0.1, 0.15) is 5.82 Å². The van der Waals surface area contributed by atoms with Crippen LogP contribution in [0.25, 0.3) is 0 Å². The minimum Gasteiger partial charge on any atom is -0.313 e. The van der Waals surface area contributed by atoms with E-state index in [2.05, 4.69) is 31.1 Å².